The van der Waals surface area contributed by atoms with Crippen LogP contribution in [0.5, 0.6) is 0 Å². The standard InChI is InChI=1S/C15H24N2OS/c1-10-8-13(11(2)19-10)4-3-5-15(18)17-9-14(16)12-6-7-12/h8,12,14H,3-7,9,16H2,1-2H3,(H,17,18). The Hall–Kier alpha value is -0.870. The lowest BCUT2D eigenvalue weighted by atomic mass is 10.1. The molecule has 1 saturated carbocycles. The van der Waals surface area contributed by atoms with Crippen molar-refractivity contribution in [2.75, 3.05) is 6.54 Å². The van der Waals surface area contributed by atoms with E-state index in [1.54, 1.807) is 0 Å². The highest BCUT2D eigenvalue weighted by atomic mass is 32.1. The molecule has 106 valence electrons. The van der Waals surface area contributed by atoms with E-state index in [-0.39, 0.29) is 11.9 Å². The first-order chi connectivity index (χ1) is 9.06. The van der Waals surface area contributed by atoms with Gasteiger partial charge in [0.1, 0.15) is 0 Å². The van der Waals surface area contributed by atoms with Gasteiger partial charge in [0.25, 0.3) is 0 Å². The van der Waals surface area contributed by atoms with Crippen LogP contribution in [-0.4, -0.2) is 18.5 Å². The van der Waals surface area contributed by atoms with Crippen LogP contribution < -0.4 is 11.1 Å². The van der Waals surface area contributed by atoms with Crippen LogP contribution in [0.3, 0.4) is 0 Å². The maximum absolute atomic E-state index is 11.7. The minimum atomic E-state index is 0.140. The van der Waals surface area contributed by atoms with E-state index in [1.165, 1.54) is 28.2 Å². The van der Waals surface area contributed by atoms with Crippen molar-refractivity contribution in [3.63, 3.8) is 0 Å². The van der Waals surface area contributed by atoms with Crippen molar-refractivity contribution in [2.24, 2.45) is 11.7 Å². The fourth-order valence-electron chi connectivity index (χ4n) is 2.38. The minimum Gasteiger partial charge on any atom is -0.355 e. The molecule has 0 aromatic carbocycles. The van der Waals surface area contributed by atoms with E-state index < -0.39 is 0 Å². The molecule has 1 amide bonds. The number of hydrogen-bond acceptors (Lipinski definition) is 3. The zero-order valence-electron chi connectivity index (χ0n) is 11.9. The summed E-state index contributed by atoms with van der Waals surface area (Å²) in [4.78, 5) is 14.4. The van der Waals surface area contributed by atoms with Crippen LogP contribution in [0.1, 0.15) is 41.0 Å². The number of nitrogens with two attached hydrogens (primary N) is 1. The Morgan fingerprint density at radius 2 is 2.26 bits per heavy atom. The van der Waals surface area contributed by atoms with Gasteiger partial charge in [0.2, 0.25) is 5.91 Å². The van der Waals surface area contributed by atoms with Crippen LogP contribution in [0.4, 0.5) is 0 Å². The SMILES string of the molecule is Cc1cc(CCCC(=O)NCC(N)C2CC2)c(C)s1. The summed E-state index contributed by atoms with van der Waals surface area (Å²) in [6.07, 6.45) is 4.98. The summed E-state index contributed by atoms with van der Waals surface area (Å²) in [5.74, 6) is 0.789. The summed E-state index contributed by atoms with van der Waals surface area (Å²) >= 11 is 1.84. The quantitative estimate of drug-likeness (QED) is 0.806. The lowest BCUT2D eigenvalue weighted by Gasteiger charge is -2.11. The molecule has 2 rings (SSSR count). The van der Waals surface area contributed by atoms with Crippen molar-refractivity contribution in [3.8, 4) is 0 Å². The Bertz CT molecular complexity index is 437. The number of thiophene rings is 1. The van der Waals surface area contributed by atoms with Crippen molar-refractivity contribution >= 4 is 17.2 Å². The Morgan fingerprint density at radius 1 is 1.53 bits per heavy atom. The molecule has 0 aliphatic heterocycles. The second-order valence-corrected chi connectivity index (χ2v) is 7.06. The number of rotatable bonds is 7. The number of nitrogens with one attached hydrogen (secondary N) is 1. The zero-order chi connectivity index (χ0) is 13.8. The lowest BCUT2D eigenvalue weighted by molar-refractivity contribution is -0.121. The molecule has 0 radical (unpaired) electrons. The summed E-state index contributed by atoms with van der Waals surface area (Å²) in [5, 5.41) is 2.95. The molecule has 1 atom stereocenters. The van der Waals surface area contributed by atoms with E-state index in [0.29, 0.717) is 18.9 Å². The number of carbonyl (C=O) groups excluding carboxylic acids is 1. The molecule has 1 heterocycles. The van der Waals surface area contributed by atoms with E-state index in [4.69, 9.17) is 5.73 Å². The molecule has 0 bridgehead atoms. The number of aryl methyl sites for hydroxylation is 3. The van der Waals surface area contributed by atoms with Gasteiger partial charge in [0.05, 0.1) is 0 Å². The minimum absolute atomic E-state index is 0.140. The molecule has 1 unspecified atom stereocenters. The predicted octanol–water partition coefficient (Wildman–Crippen LogP) is 2.54. The van der Waals surface area contributed by atoms with Gasteiger partial charge in [0, 0.05) is 28.8 Å². The third kappa shape index (κ3) is 4.62. The molecule has 1 aliphatic rings. The van der Waals surface area contributed by atoms with E-state index in [2.05, 4.69) is 25.2 Å². The summed E-state index contributed by atoms with van der Waals surface area (Å²) < 4.78 is 0. The fourth-order valence-corrected chi connectivity index (χ4v) is 3.36. The van der Waals surface area contributed by atoms with Crippen LogP contribution in [0, 0.1) is 19.8 Å². The molecule has 3 nitrogen and oxygen atoms in total. The Balaban J connectivity index is 1.62. The van der Waals surface area contributed by atoms with Gasteiger partial charge in [-0.25, -0.2) is 0 Å². The van der Waals surface area contributed by atoms with Crippen LogP contribution in [0.2, 0.25) is 0 Å². The maximum atomic E-state index is 11.7. The van der Waals surface area contributed by atoms with Crippen LogP contribution in [-0.2, 0) is 11.2 Å². The molecule has 1 aromatic rings. The second kappa shape index (κ2) is 6.53. The van der Waals surface area contributed by atoms with Gasteiger partial charge in [-0.3, -0.25) is 4.79 Å². The summed E-state index contributed by atoms with van der Waals surface area (Å²) in [7, 11) is 0. The summed E-state index contributed by atoms with van der Waals surface area (Å²) in [5.41, 5.74) is 7.35. The Morgan fingerprint density at radius 3 is 2.84 bits per heavy atom. The van der Waals surface area contributed by atoms with Gasteiger partial charge in [-0.1, -0.05) is 0 Å². The highest BCUT2D eigenvalue weighted by Gasteiger charge is 2.28. The molecule has 1 aliphatic carbocycles. The van der Waals surface area contributed by atoms with Crippen molar-refractivity contribution in [1.82, 2.24) is 5.32 Å². The first-order valence-corrected chi connectivity index (χ1v) is 7.96. The van der Waals surface area contributed by atoms with Crippen molar-refractivity contribution in [3.05, 3.63) is 21.4 Å². The lowest BCUT2D eigenvalue weighted by Crippen LogP contribution is -2.38. The molecular formula is C15H24N2OS. The van der Waals surface area contributed by atoms with E-state index in [0.717, 1.165) is 12.8 Å². The van der Waals surface area contributed by atoms with E-state index in [9.17, 15) is 4.79 Å². The van der Waals surface area contributed by atoms with Gasteiger partial charge >= 0.3 is 0 Å². The van der Waals surface area contributed by atoms with Crippen molar-refractivity contribution < 1.29 is 4.79 Å². The number of carbonyl (C=O) groups is 1. The Kier molecular flexibility index (Phi) is 4.99. The molecule has 0 spiro atoms. The molecule has 19 heavy (non-hydrogen) atoms. The average Bonchev–Trinajstić information content (AvgIpc) is 3.14. The van der Waals surface area contributed by atoms with Gasteiger partial charge in [0.15, 0.2) is 0 Å². The van der Waals surface area contributed by atoms with Gasteiger partial charge in [-0.15, -0.1) is 11.3 Å². The van der Waals surface area contributed by atoms with E-state index in [1.807, 2.05) is 11.3 Å². The zero-order valence-corrected chi connectivity index (χ0v) is 12.7. The highest BCUT2D eigenvalue weighted by molar-refractivity contribution is 7.12. The fraction of sp³-hybridized carbons (Fsp3) is 0.667. The maximum Gasteiger partial charge on any atom is 0.220 e. The number of amides is 1. The third-order valence-electron chi connectivity index (χ3n) is 3.76. The molecule has 1 fully saturated rings. The molecule has 0 saturated heterocycles. The highest BCUT2D eigenvalue weighted by Crippen LogP contribution is 2.31. The first kappa shape index (κ1) is 14.5. The summed E-state index contributed by atoms with van der Waals surface area (Å²) in [6, 6.07) is 2.40. The monoisotopic (exact) mass is 280 g/mol. The molecule has 4 heteroatoms. The van der Waals surface area contributed by atoms with Crippen LogP contribution in [0.15, 0.2) is 6.07 Å². The van der Waals surface area contributed by atoms with E-state index >= 15 is 0 Å². The smallest absolute Gasteiger partial charge is 0.220 e. The van der Waals surface area contributed by atoms with Crippen molar-refractivity contribution in [2.45, 2.75) is 52.0 Å². The van der Waals surface area contributed by atoms with Gasteiger partial charge in [-0.05, 0) is 57.1 Å². The largest absolute Gasteiger partial charge is 0.355 e. The molecule has 3 N–H and O–H groups in total. The molecule has 1 aromatic heterocycles. The predicted molar refractivity (Wildman–Crippen MR) is 80.4 cm³/mol. The topological polar surface area (TPSA) is 55.1 Å². The average molecular weight is 280 g/mol. The summed E-state index contributed by atoms with van der Waals surface area (Å²) in [6.45, 7) is 4.93. The van der Waals surface area contributed by atoms with Crippen LogP contribution in [0.25, 0.3) is 0 Å². The Labute approximate surface area is 119 Å². The van der Waals surface area contributed by atoms with Gasteiger partial charge in [-0.2, -0.15) is 0 Å². The molecular weight excluding hydrogens is 256 g/mol. The van der Waals surface area contributed by atoms with Crippen LogP contribution >= 0.6 is 11.3 Å². The normalized spacial score (nSPS) is 16.4. The third-order valence-corrected chi connectivity index (χ3v) is 4.76. The van der Waals surface area contributed by atoms with Crippen molar-refractivity contribution in [1.29, 1.82) is 0 Å². The van der Waals surface area contributed by atoms with Gasteiger partial charge < -0.3 is 11.1 Å². The first-order valence-electron chi connectivity index (χ1n) is 7.14. The number of hydrogen-bond donors (Lipinski definition) is 2. The second-order valence-electron chi connectivity index (χ2n) is 5.60.